The van der Waals surface area contributed by atoms with Gasteiger partial charge in [0.25, 0.3) is 5.91 Å². The van der Waals surface area contributed by atoms with Gasteiger partial charge in [-0.2, -0.15) is 0 Å². The van der Waals surface area contributed by atoms with Crippen molar-refractivity contribution in [1.82, 2.24) is 4.98 Å². The maximum atomic E-state index is 13.0. The maximum absolute atomic E-state index is 13.0. The van der Waals surface area contributed by atoms with Crippen LogP contribution in [0.5, 0.6) is 0 Å². The molecule has 4 rings (SSSR count). The second kappa shape index (κ2) is 5.44. The molecule has 4 nitrogen and oxygen atoms in total. The van der Waals surface area contributed by atoms with Gasteiger partial charge >= 0.3 is 0 Å². The maximum Gasteiger partial charge on any atom is 0.262 e. The monoisotopic (exact) mass is 293 g/mol. The summed E-state index contributed by atoms with van der Waals surface area (Å²) in [6.07, 6.45) is 5.07. The van der Waals surface area contributed by atoms with Crippen LogP contribution in [0.3, 0.4) is 0 Å². The average molecular weight is 293 g/mol. The van der Waals surface area contributed by atoms with Crippen molar-refractivity contribution in [2.45, 2.75) is 19.3 Å². The topological polar surface area (TPSA) is 36.4 Å². The van der Waals surface area contributed by atoms with E-state index in [1.165, 1.54) is 18.4 Å². The molecule has 0 spiro atoms. The van der Waals surface area contributed by atoms with Gasteiger partial charge in [0, 0.05) is 31.5 Å². The van der Waals surface area contributed by atoms with E-state index in [1.807, 2.05) is 35.2 Å². The van der Waals surface area contributed by atoms with Crippen molar-refractivity contribution in [3.8, 4) is 0 Å². The summed E-state index contributed by atoms with van der Waals surface area (Å²) < 4.78 is 0. The molecule has 0 saturated carbocycles. The average Bonchev–Trinajstić information content (AvgIpc) is 3.24. The van der Waals surface area contributed by atoms with Crippen LogP contribution in [0.4, 0.5) is 11.5 Å². The zero-order chi connectivity index (χ0) is 14.9. The summed E-state index contributed by atoms with van der Waals surface area (Å²) in [5.41, 5.74) is 3.02. The Kier molecular flexibility index (Phi) is 3.29. The van der Waals surface area contributed by atoms with Gasteiger partial charge in [-0.25, -0.2) is 4.98 Å². The Bertz CT molecular complexity index is 707. The number of para-hydroxylation sites is 1. The number of hydrogen-bond donors (Lipinski definition) is 0. The van der Waals surface area contributed by atoms with Gasteiger partial charge in [-0.3, -0.25) is 4.79 Å². The van der Waals surface area contributed by atoms with E-state index < -0.39 is 0 Å². The van der Waals surface area contributed by atoms with Crippen molar-refractivity contribution in [3.05, 3.63) is 53.7 Å². The highest BCUT2D eigenvalue weighted by Gasteiger charge is 2.28. The molecular formula is C18H19N3O. The van der Waals surface area contributed by atoms with E-state index in [9.17, 15) is 4.79 Å². The number of carbonyl (C=O) groups is 1. The first-order valence-electron chi connectivity index (χ1n) is 7.94. The number of anilines is 2. The molecule has 1 fully saturated rings. The van der Waals surface area contributed by atoms with Gasteiger partial charge < -0.3 is 9.80 Å². The first-order chi connectivity index (χ1) is 10.8. The molecule has 0 bridgehead atoms. The Morgan fingerprint density at radius 1 is 1.00 bits per heavy atom. The zero-order valence-electron chi connectivity index (χ0n) is 12.5. The van der Waals surface area contributed by atoms with Crippen LogP contribution in [0.15, 0.2) is 42.6 Å². The second-order valence-corrected chi connectivity index (χ2v) is 5.90. The number of hydrogen-bond acceptors (Lipinski definition) is 3. The van der Waals surface area contributed by atoms with Crippen LogP contribution >= 0.6 is 0 Å². The quantitative estimate of drug-likeness (QED) is 0.854. The van der Waals surface area contributed by atoms with Crippen LogP contribution in [0, 0.1) is 0 Å². The number of nitrogens with zero attached hydrogens (tertiary/aromatic N) is 3. The van der Waals surface area contributed by atoms with Crippen molar-refractivity contribution >= 4 is 17.4 Å². The van der Waals surface area contributed by atoms with Gasteiger partial charge in [0.1, 0.15) is 5.82 Å². The van der Waals surface area contributed by atoms with Gasteiger partial charge in [0.05, 0.1) is 5.56 Å². The van der Waals surface area contributed by atoms with E-state index in [0.29, 0.717) is 0 Å². The van der Waals surface area contributed by atoms with E-state index in [-0.39, 0.29) is 5.91 Å². The molecule has 4 heteroatoms. The third kappa shape index (κ3) is 2.15. The number of benzene rings is 1. The third-order valence-electron chi connectivity index (χ3n) is 4.55. The smallest absolute Gasteiger partial charge is 0.262 e. The van der Waals surface area contributed by atoms with E-state index in [0.717, 1.165) is 43.1 Å². The standard InChI is InChI=1S/C18H19N3O/c22-18(21-13-9-14-6-1-2-8-16(14)21)15-7-5-10-19-17(15)20-11-3-4-12-20/h1-2,5-8,10H,3-4,9,11-13H2. The number of fused-ring (bicyclic) bond motifs is 1. The molecule has 112 valence electrons. The largest absolute Gasteiger partial charge is 0.356 e. The molecule has 0 atom stereocenters. The minimum Gasteiger partial charge on any atom is -0.356 e. The Labute approximate surface area is 130 Å². The summed E-state index contributed by atoms with van der Waals surface area (Å²) in [6.45, 7) is 2.74. The second-order valence-electron chi connectivity index (χ2n) is 5.90. The van der Waals surface area contributed by atoms with E-state index in [4.69, 9.17) is 0 Å². The molecule has 0 N–H and O–H groups in total. The molecule has 2 aromatic rings. The highest BCUT2D eigenvalue weighted by molar-refractivity contribution is 6.10. The highest BCUT2D eigenvalue weighted by Crippen LogP contribution is 2.31. The number of carbonyl (C=O) groups excluding carboxylic acids is 1. The number of pyridine rings is 1. The summed E-state index contributed by atoms with van der Waals surface area (Å²) in [6, 6.07) is 11.9. The zero-order valence-corrected chi connectivity index (χ0v) is 12.5. The van der Waals surface area contributed by atoms with Crippen molar-refractivity contribution in [1.29, 1.82) is 0 Å². The molecular weight excluding hydrogens is 274 g/mol. The van der Waals surface area contributed by atoms with Gasteiger partial charge in [-0.05, 0) is 43.0 Å². The van der Waals surface area contributed by atoms with E-state index >= 15 is 0 Å². The molecule has 0 radical (unpaired) electrons. The number of aromatic nitrogens is 1. The normalized spacial score (nSPS) is 16.9. The molecule has 0 aliphatic carbocycles. The predicted molar refractivity (Wildman–Crippen MR) is 87.5 cm³/mol. The lowest BCUT2D eigenvalue weighted by Crippen LogP contribution is -2.31. The molecule has 22 heavy (non-hydrogen) atoms. The van der Waals surface area contributed by atoms with Crippen LogP contribution in [0.25, 0.3) is 0 Å². The van der Waals surface area contributed by atoms with Crippen LogP contribution in [-0.4, -0.2) is 30.5 Å². The molecule has 1 aromatic heterocycles. The van der Waals surface area contributed by atoms with Crippen molar-refractivity contribution < 1.29 is 4.79 Å². The Morgan fingerprint density at radius 2 is 1.82 bits per heavy atom. The first kappa shape index (κ1) is 13.3. The van der Waals surface area contributed by atoms with Crippen LogP contribution < -0.4 is 9.80 Å². The van der Waals surface area contributed by atoms with Gasteiger partial charge in [-0.15, -0.1) is 0 Å². The summed E-state index contributed by atoms with van der Waals surface area (Å²) in [5.74, 6) is 0.911. The number of rotatable bonds is 2. The van der Waals surface area contributed by atoms with Gasteiger partial charge in [-0.1, -0.05) is 18.2 Å². The molecule has 2 aliphatic rings. The molecule has 1 saturated heterocycles. The van der Waals surface area contributed by atoms with Gasteiger partial charge in [0.15, 0.2) is 0 Å². The summed E-state index contributed by atoms with van der Waals surface area (Å²) in [5, 5.41) is 0. The Balaban J connectivity index is 1.69. The number of amides is 1. The SMILES string of the molecule is O=C(c1cccnc1N1CCCC1)N1CCc2ccccc21. The van der Waals surface area contributed by atoms with Crippen molar-refractivity contribution in [2.75, 3.05) is 29.4 Å². The lowest BCUT2D eigenvalue weighted by molar-refractivity contribution is 0.0989. The predicted octanol–water partition coefficient (Wildman–Crippen LogP) is 2.88. The lowest BCUT2D eigenvalue weighted by atomic mass is 10.1. The molecule has 1 amide bonds. The Morgan fingerprint density at radius 3 is 2.68 bits per heavy atom. The fraction of sp³-hybridized carbons (Fsp3) is 0.333. The third-order valence-corrected chi connectivity index (χ3v) is 4.55. The lowest BCUT2D eigenvalue weighted by Gasteiger charge is -2.23. The van der Waals surface area contributed by atoms with Crippen molar-refractivity contribution in [3.63, 3.8) is 0 Å². The molecule has 2 aliphatic heterocycles. The summed E-state index contributed by atoms with van der Waals surface area (Å²) in [4.78, 5) is 21.7. The summed E-state index contributed by atoms with van der Waals surface area (Å²) >= 11 is 0. The van der Waals surface area contributed by atoms with Crippen LogP contribution in [-0.2, 0) is 6.42 Å². The molecule has 3 heterocycles. The fourth-order valence-corrected chi connectivity index (χ4v) is 3.44. The first-order valence-corrected chi connectivity index (χ1v) is 7.94. The molecule has 1 aromatic carbocycles. The van der Waals surface area contributed by atoms with Crippen LogP contribution in [0.2, 0.25) is 0 Å². The minimum atomic E-state index is 0.0694. The minimum absolute atomic E-state index is 0.0694. The fourth-order valence-electron chi connectivity index (χ4n) is 3.44. The van der Waals surface area contributed by atoms with Crippen molar-refractivity contribution in [2.24, 2.45) is 0 Å². The highest BCUT2D eigenvalue weighted by atomic mass is 16.2. The van der Waals surface area contributed by atoms with Gasteiger partial charge in [0.2, 0.25) is 0 Å². The van der Waals surface area contributed by atoms with E-state index in [1.54, 1.807) is 6.20 Å². The summed E-state index contributed by atoms with van der Waals surface area (Å²) in [7, 11) is 0. The van der Waals surface area contributed by atoms with Crippen LogP contribution in [0.1, 0.15) is 28.8 Å². The molecule has 0 unspecified atom stereocenters. The van der Waals surface area contributed by atoms with E-state index in [2.05, 4.69) is 16.0 Å². The Hall–Kier alpha value is -2.36.